The predicted octanol–water partition coefficient (Wildman–Crippen LogP) is 2.65. The van der Waals surface area contributed by atoms with Crippen molar-refractivity contribution in [3.8, 4) is 5.75 Å². The van der Waals surface area contributed by atoms with E-state index < -0.39 is 0 Å². The minimum absolute atomic E-state index is 0.153. The van der Waals surface area contributed by atoms with Gasteiger partial charge in [-0.2, -0.15) is 0 Å². The van der Waals surface area contributed by atoms with E-state index in [4.69, 9.17) is 0 Å². The molecule has 6 nitrogen and oxygen atoms in total. The lowest BCUT2D eigenvalue weighted by Gasteiger charge is -2.29. The molecule has 6 heteroatoms. The maximum absolute atomic E-state index is 12.0. The summed E-state index contributed by atoms with van der Waals surface area (Å²) < 4.78 is 0. The summed E-state index contributed by atoms with van der Waals surface area (Å²) >= 11 is 0. The van der Waals surface area contributed by atoms with E-state index in [1.54, 1.807) is 12.1 Å². The van der Waals surface area contributed by atoms with E-state index in [1.807, 2.05) is 0 Å². The van der Waals surface area contributed by atoms with E-state index in [2.05, 4.69) is 34.8 Å². The molecule has 1 saturated carbocycles. The Kier molecular flexibility index (Phi) is 8.25. The maximum Gasteiger partial charge on any atom is 0.251 e. The minimum atomic E-state index is -0.156. The second-order valence-corrected chi connectivity index (χ2v) is 6.83. The number of amides is 1. The molecule has 0 spiro atoms. The molecule has 1 aromatic rings. The molecule has 0 aromatic heterocycles. The highest BCUT2D eigenvalue weighted by Crippen LogP contribution is 2.26. The SMILES string of the molecule is CCNC(=NCCNC(=O)c1ccc(O)cc1)NC1CCC(CC)CC1. The van der Waals surface area contributed by atoms with Crippen LogP contribution in [0.5, 0.6) is 5.75 Å². The summed E-state index contributed by atoms with van der Waals surface area (Å²) in [6.45, 7) is 6.13. The summed E-state index contributed by atoms with van der Waals surface area (Å²) in [5.74, 6) is 1.70. The number of nitrogens with one attached hydrogen (secondary N) is 3. The largest absolute Gasteiger partial charge is 0.508 e. The van der Waals surface area contributed by atoms with Crippen LogP contribution >= 0.6 is 0 Å². The molecule has 26 heavy (non-hydrogen) atoms. The van der Waals surface area contributed by atoms with Gasteiger partial charge in [-0.15, -0.1) is 0 Å². The van der Waals surface area contributed by atoms with Crippen LogP contribution in [0.25, 0.3) is 0 Å². The molecule has 1 aliphatic rings. The first-order chi connectivity index (χ1) is 12.6. The van der Waals surface area contributed by atoms with Crippen molar-refractivity contribution in [3.05, 3.63) is 29.8 Å². The third-order valence-corrected chi connectivity index (χ3v) is 4.91. The number of benzene rings is 1. The van der Waals surface area contributed by atoms with Crippen LogP contribution < -0.4 is 16.0 Å². The molecular formula is C20H32N4O2. The second kappa shape index (κ2) is 10.7. The lowest BCUT2D eigenvalue weighted by Crippen LogP contribution is -2.45. The van der Waals surface area contributed by atoms with Gasteiger partial charge in [0.25, 0.3) is 5.91 Å². The van der Waals surface area contributed by atoms with Gasteiger partial charge in [0.05, 0.1) is 6.54 Å². The first-order valence-corrected chi connectivity index (χ1v) is 9.74. The molecule has 0 atom stereocenters. The van der Waals surface area contributed by atoms with Gasteiger partial charge in [-0.05, 0) is 62.8 Å². The lowest BCUT2D eigenvalue weighted by molar-refractivity contribution is 0.0955. The molecule has 0 radical (unpaired) electrons. The van der Waals surface area contributed by atoms with Gasteiger partial charge >= 0.3 is 0 Å². The quantitative estimate of drug-likeness (QED) is 0.342. The number of hydrogen-bond donors (Lipinski definition) is 4. The van der Waals surface area contributed by atoms with Crippen molar-refractivity contribution in [3.63, 3.8) is 0 Å². The van der Waals surface area contributed by atoms with Gasteiger partial charge in [-0.25, -0.2) is 0 Å². The van der Waals surface area contributed by atoms with E-state index in [-0.39, 0.29) is 11.7 Å². The van der Waals surface area contributed by atoms with Crippen LogP contribution in [-0.2, 0) is 0 Å². The average Bonchev–Trinajstić information content (AvgIpc) is 2.66. The Morgan fingerprint density at radius 1 is 1.12 bits per heavy atom. The van der Waals surface area contributed by atoms with Gasteiger partial charge in [-0.1, -0.05) is 13.3 Å². The van der Waals surface area contributed by atoms with E-state index in [0.29, 0.717) is 24.7 Å². The average molecular weight is 361 g/mol. The Morgan fingerprint density at radius 3 is 2.42 bits per heavy atom. The fourth-order valence-electron chi connectivity index (χ4n) is 3.28. The molecule has 4 N–H and O–H groups in total. The number of aromatic hydroxyl groups is 1. The first kappa shape index (κ1) is 20.1. The van der Waals surface area contributed by atoms with Crippen LogP contribution in [-0.4, -0.2) is 42.6 Å². The Bertz CT molecular complexity index is 578. The summed E-state index contributed by atoms with van der Waals surface area (Å²) in [5.41, 5.74) is 0.532. The van der Waals surface area contributed by atoms with Crippen molar-refractivity contribution < 1.29 is 9.90 Å². The van der Waals surface area contributed by atoms with Crippen molar-refractivity contribution in [2.75, 3.05) is 19.6 Å². The van der Waals surface area contributed by atoms with Crippen LogP contribution in [0.15, 0.2) is 29.3 Å². The van der Waals surface area contributed by atoms with Crippen LogP contribution in [0.2, 0.25) is 0 Å². The van der Waals surface area contributed by atoms with Crippen molar-refractivity contribution >= 4 is 11.9 Å². The lowest BCUT2D eigenvalue weighted by atomic mass is 9.84. The van der Waals surface area contributed by atoms with Crippen LogP contribution in [0.3, 0.4) is 0 Å². The third-order valence-electron chi connectivity index (χ3n) is 4.91. The molecule has 0 saturated heterocycles. The fourth-order valence-corrected chi connectivity index (χ4v) is 3.28. The van der Waals surface area contributed by atoms with Crippen molar-refractivity contribution in [2.24, 2.45) is 10.9 Å². The normalized spacial score (nSPS) is 20.5. The van der Waals surface area contributed by atoms with Gasteiger partial charge in [0.15, 0.2) is 5.96 Å². The number of phenolic OH excluding ortho intramolecular Hbond substituents is 1. The van der Waals surface area contributed by atoms with Gasteiger partial charge in [-0.3, -0.25) is 9.79 Å². The number of guanidine groups is 1. The Morgan fingerprint density at radius 2 is 1.81 bits per heavy atom. The van der Waals surface area contributed by atoms with E-state index >= 15 is 0 Å². The fraction of sp³-hybridized carbons (Fsp3) is 0.600. The molecule has 1 amide bonds. The molecule has 1 aliphatic carbocycles. The standard InChI is InChI=1S/C20H32N4O2/c1-3-15-5-9-17(10-6-15)24-20(21-4-2)23-14-13-22-19(26)16-7-11-18(25)12-8-16/h7-8,11-12,15,17,25H,3-6,9-10,13-14H2,1-2H3,(H,22,26)(H2,21,23,24). The molecule has 0 heterocycles. The Hall–Kier alpha value is -2.24. The molecule has 1 fully saturated rings. The Balaban J connectivity index is 1.75. The van der Waals surface area contributed by atoms with Crippen molar-refractivity contribution in [2.45, 2.75) is 52.0 Å². The molecule has 0 bridgehead atoms. The smallest absolute Gasteiger partial charge is 0.251 e. The van der Waals surface area contributed by atoms with Crippen molar-refractivity contribution in [1.29, 1.82) is 0 Å². The van der Waals surface area contributed by atoms with Crippen LogP contribution in [0, 0.1) is 5.92 Å². The van der Waals surface area contributed by atoms with Gasteiger partial charge < -0.3 is 21.1 Å². The van der Waals surface area contributed by atoms with Crippen LogP contribution in [0.1, 0.15) is 56.3 Å². The summed E-state index contributed by atoms with van der Waals surface area (Å²) in [6, 6.07) is 6.71. The second-order valence-electron chi connectivity index (χ2n) is 6.83. The zero-order valence-corrected chi connectivity index (χ0v) is 15.9. The molecule has 144 valence electrons. The third kappa shape index (κ3) is 6.58. The predicted molar refractivity (Wildman–Crippen MR) is 106 cm³/mol. The topological polar surface area (TPSA) is 85.8 Å². The highest BCUT2D eigenvalue weighted by molar-refractivity contribution is 5.94. The van der Waals surface area contributed by atoms with E-state index in [1.165, 1.54) is 44.2 Å². The number of hydrogen-bond acceptors (Lipinski definition) is 3. The highest BCUT2D eigenvalue weighted by atomic mass is 16.3. The molecule has 2 rings (SSSR count). The minimum Gasteiger partial charge on any atom is -0.508 e. The van der Waals surface area contributed by atoms with Gasteiger partial charge in [0, 0.05) is 24.7 Å². The molecule has 0 unspecified atom stereocenters. The van der Waals surface area contributed by atoms with Crippen molar-refractivity contribution in [1.82, 2.24) is 16.0 Å². The monoisotopic (exact) mass is 360 g/mol. The van der Waals surface area contributed by atoms with Crippen LogP contribution in [0.4, 0.5) is 0 Å². The highest BCUT2D eigenvalue weighted by Gasteiger charge is 2.20. The molecule has 0 aliphatic heterocycles. The number of phenols is 1. The first-order valence-electron chi connectivity index (χ1n) is 9.74. The number of carbonyl (C=O) groups excluding carboxylic acids is 1. The number of rotatable bonds is 7. The van der Waals surface area contributed by atoms with E-state index in [9.17, 15) is 9.90 Å². The number of nitrogens with zero attached hydrogens (tertiary/aromatic N) is 1. The molecular weight excluding hydrogens is 328 g/mol. The summed E-state index contributed by atoms with van der Waals surface area (Å²) in [5, 5.41) is 18.9. The number of aliphatic imine (C=N–C) groups is 1. The van der Waals surface area contributed by atoms with Gasteiger partial charge in [0.2, 0.25) is 0 Å². The number of carbonyl (C=O) groups is 1. The van der Waals surface area contributed by atoms with Gasteiger partial charge in [0.1, 0.15) is 5.75 Å². The molecule has 1 aromatic carbocycles. The Labute approximate surface area is 156 Å². The van der Waals surface area contributed by atoms with E-state index in [0.717, 1.165) is 18.4 Å². The summed E-state index contributed by atoms with van der Waals surface area (Å²) in [4.78, 5) is 16.6. The maximum atomic E-state index is 12.0. The zero-order valence-electron chi connectivity index (χ0n) is 15.9. The summed E-state index contributed by atoms with van der Waals surface area (Å²) in [6.07, 6.45) is 6.25. The zero-order chi connectivity index (χ0) is 18.8. The summed E-state index contributed by atoms with van der Waals surface area (Å²) in [7, 11) is 0.